The molecule has 2 fully saturated rings. The van der Waals surface area contributed by atoms with Crippen LogP contribution in [-0.4, -0.2) is 42.2 Å². The molecule has 0 radical (unpaired) electrons. The highest BCUT2D eigenvalue weighted by Crippen LogP contribution is 2.49. The molecule has 1 heterocycles. The van der Waals surface area contributed by atoms with Gasteiger partial charge in [-0.25, -0.2) is 4.79 Å². The number of carbonyl (C=O) groups excluding carboxylic acids is 3. The first-order valence-electron chi connectivity index (χ1n) is 9.57. The Labute approximate surface area is 163 Å². The maximum Gasteiger partial charge on any atom is 0.344 e. The molecule has 1 saturated heterocycles. The first-order chi connectivity index (χ1) is 13.6. The van der Waals surface area contributed by atoms with Crippen molar-refractivity contribution in [2.75, 3.05) is 13.2 Å². The molecule has 28 heavy (non-hydrogen) atoms. The number of rotatable bonds is 6. The van der Waals surface area contributed by atoms with Crippen molar-refractivity contribution in [1.82, 2.24) is 5.01 Å². The van der Waals surface area contributed by atoms with Crippen LogP contribution < -0.4 is 4.74 Å². The van der Waals surface area contributed by atoms with Gasteiger partial charge in [0.1, 0.15) is 5.75 Å². The summed E-state index contributed by atoms with van der Waals surface area (Å²) in [4.78, 5) is 36.7. The third kappa shape index (κ3) is 3.32. The Morgan fingerprint density at radius 1 is 1.11 bits per heavy atom. The van der Waals surface area contributed by atoms with Gasteiger partial charge in [-0.3, -0.25) is 9.59 Å². The summed E-state index contributed by atoms with van der Waals surface area (Å²) in [6.07, 6.45) is 7.60. The van der Waals surface area contributed by atoms with Crippen molar-refractivity contribution in [3.8, 4) is 5.75 Å². The predicted octanol–water partition coefficient (Wildman–Crippen LogP) is 2.16. The highest BCUT2D eigenvalue weighted by molar-refractivity contribution is 6.06. The molecule has 1 aromatic carbocycles. The minimum atomic E-state index is -0.427. The average Bonchev–Trinajstić information content (AvgIpc) is 2.99. The molecule has 5 rings (SSSR count). The number of esters is 1. The number of imide groups is 1. The Bertz CT molecular complexity index is 813. The Kier molecular flexibility index (Phi) is 4.98. The number of fused-ring (bicyclic) bond motifs is 1. The minimum absolute atomic E-state index is 0.155. The van der Waals surface area contributed by atoms with Crippen molar-refractivity contribution in [1.29, 1.82) is 0 Å². The summed E-state index contributed by atoms with van der Waals surface area (Å²) < 4.78 is 10.1. The molecular formula is C21H22N2O5. The van der Waals surface area contributed by atoms with Gasteiger partial charge in [0.25, 0.3) is 11.8 Å². The van der Waals surface area contributed by atoms with Crippen LogP contribution in [0.4, 0.5) is 0 Å². The molecule has 1 aromatic rings. The minimum Gasteiger partial charge on any atom is -0.482 e. The second-order valence-corrected chi connectivity index (χ2v) is 7.24. The average molecular weight is 382 g/mol. The maximum absolute atomic E-state index is 12.7. The Morgan fingerprint density at radius 3 is 2.25 bits per heavy atom. The maximum atomic E-state index is 12.7. The Balaban J connectivity index is 1.40. The van der Waals surface area contributed by atoms with Crippen molar-refractivity contribution >= 4 is 24.0 Å². The summed E-state index contributed by atoms with van der Waals surface area (Å²) in [5, 5.41) is 5.21. The molecule has 2 bridgehead atoms. The molecule has 0 aromatic heterocycles. The van der Waals surface area contributed by atoms with Gasteiger partial charge in [-0.05, 0) is 61.4 Å². The van der Waals surface area contributed by atoms with Gasteiger partial charge in [0, 0.05) is 0 Å². The quantitative estimate of drug-likeness (QED) is 0.326. The molecule has 7 nitrogen and oxygen atoms in total. The van der Waals surface area contributed by atoms with Gasteiger partial charge < -0.3 is 9.47 Å². The summed E-state index contributed by atoms with van der Waals surface area (Å²) in [5.74, 6) is -0.500. The van der Waals surface area contributed by atoms with Crippen LogP contribution in [0.3, 0.4) is 0 Å². The lowest BCUT2D eigenvalue weighted by Gasteiger charge is -2.37. The number of allylic oxidation sites excluding steroid dienone is 2. The normalized spacial score (nSPS) is 28.1. The highest BCUT2D eigenvalue weighted by Gasteiger charge is 2.56. The van der Waals surface area contributed by atoms with Crippen LogP contribution in [0, 0.1) is 23.7 Å². The van der Waals surface area contributed by atoms with Gasteiger partial charge in [0.2, 0.25) is 0 Å². The molecule has 0 unspecified atom stereocenters. The van der Waals surface area contributed by atoms with Crippen molar-refractivity contribution in [2.45, 2.75) is 19.8 Å². The molecular weight excluding hydrogens is 360 g/mol. The number of hydrogen-bond donors (Lipinski definition) is 0. The van der Waals surface area contributed by atoms with E-state index >= 15 is 0 Å². The molecule has 4 aliphatic rings. The van der Waals surface area contributed by atoms with Crippen LogP contribution in [0.1, 0.15) is 25.3 Å². The third-order valence-corrected chi connectivity index (χ3v) is 5.60. The summed E-state index contributed by atoms with van der Waals surface area (Å²) in [6, 6.07) is 6.87. The molecule has 4 atom stereocenters. The fraction of sp³-hybridized carbons (Fsp3) is 0.429. The van der Waals surface area contributed by atoms with Crippen molar-refractivity contribution in [3.05, 3.63) is 42.0 Å². The Hall–Kier alpha value is -2.96. The molecule has 2 amide bonds. The largest absolute Gasteiger partial charge is 0.482 e. The fourth-order valence-electron chi connectivity index (χ4n) is 4.29. The van der Waals surface area contributed by atoms with Gasteiger partial charge in [-0.2, -0.15) is 10.1 Å². The third-order valence-electron chi connectivity index (χ3n) is 5.60. The van der Waals surface area contributed by atoms with Crippen LogP contribution in [0.5, 0.6) is 5.75 Å². The highest BCUT2D eigenvalue weighted by atomic mass is 16.6. The SMILES string of the molecule is CCOC(=O)COc1ccc(/C=N\N2C(=O)[C@H]3[C@H](C2=O)[C@@H]2C=C[C@@H]3CC2)cc1. The smallest absolute Gasteiger partial charge is 0.344 e. The monoisotopic (exact) mass is 382 g/mol. The van der Waals surface area contributed by atoms with Gasteiger partial charge in [0.15, 0.2) is 6.61 Å². The van der Waals surface area contributed by atoms with Crippen LogP contribution in [-0.2, 0) is 19.1 Å². The fourth-order valence-corrected chi connectivity index (χ4v) is 4.29. The number of nitrogens with zero attached hydrogens (tertiary/aromatic N) is 2. The standard InChI is InChI=1S/C21H22N2O5/c1-2-27-17(24)12-28-16-9-3-13(4-10-16)11-22-23-20(25)18-14-5-6-15(8-7-14)19(18)21(23)26/h3-6,9-11,14-15,18-19H,2,7-8,12H2,1H3/b22-11-/t14-,15-,18-,19-/m1/s1. The molecule has 1 aliphatic heterocycles. The number of benzene rings is 1. The second kappa shape index (κ2) is 7.58. The van der Waals surface area contributed by atoms with Crippen molar-refractivity contribution in [3.63, 3.8) is 0 Å². The lowest BCUT2D eigenvalue weighted by Crippen LogP contribution is -2.38. The number of hydrogen-bond acceptors (Lipinski definition) is 6. The molecule has 1 saturated carbocycles. The number of hydrazone groups is 1. The van der Waals surface area contributed by atoms with Crippen LogP contribution in [0.15, 0.2) is 41.5 Å². The second-order valence-electron chi connectivity index (χ2n) is 7.24. The summed E-state index contributed by atoms with van der Waals surface area (Å²) in [7, 11) is 0. The predicted molar refractivity (Wildman–Crippen MR) is 100 cm³/mol. The van der Waals surface area contributed by atoms with Gasteiger partial charge in [-0.1, -0.05) is 12.2 Å². The molecule has 0 N–H and O–H groups in total. The zero-order valence-corrected chi connectivity index (χ0v) is 15.6. The zero-order valence-electron chi connectivity index (χ0n) is 15.6. The number of amides is 2. The number of carbonyl (C=O) groups is 3. The van der Waals surface area contributed by atoms with Gasteiger partial charge >= 0.3 is 5.97 Å². The van der Waals surface area contributed by atoms with Crippen LogP contribution in [0.2, 0.25) is 0 Å². The van der Waals surface area contributed by atoms with E-state index < -0.39 is 5.97 Å². The lowest BCUT2D eigenvalue weighted by molar-refractivity contribution is -0.145. The summed E-state index contributed by atoms with van der Waals surface area (Å²) in [5.41, 5.74) is 0.722. The molecule has 146 valence electrons. The van der Waals surface area contributed by atoms with E-state index in [1.165, 1.54) is 6.21 Å². The van der Waals surface area contributed by atoms with Crippen molar-refractivity contribution < 1.29 is 23.9 Å². The van der Waals surface area contributed by atoms with E-state index in [-0.39, 0.29) is 42.1 Å². The molecule has 3 aliphatic carbocycles. The van der Waals surface area contributed by atoms with E-state index in [1.807, 2.05) is 0 Å². The van der Waals surface area contributed by atoms with Crippen molar-refractivity contribution in [2.24, 2.45) is 28.8 Å². The molecule has 0 spiro atoms. The summed E-state index contributed by atoms with van der Waals surface area (Å²) >= 11 is 0. The first-order valence-corrected chi connectivity index (χ1v) is 9.57. The summed E-state index contributed by atoms with van der Waals surface area (Å²) in [6.45, 7) is 1.89. The zero-order chi connectivity index (χ0) is 19.7. The first kappa shape index (κ1) is 18.4. The van der Waals surface area contributed by atoms with E-state index in [0.717, 1.165) is 23.4 Å². The van der Waals surface area contributed by atoms with E-state index in [2.05, 4.69) is 17.3 Å². The lowest BCUT2D eigenvalue weighted by atomic mass is 9.63. The van der Waals surface area contributed by atoms with E-state index in [4.69, 9.17) is 9.47 Å². The van der Waals surface area contributed by atoms with E-state index in [0.29, 0.717) is 12.4 Å². The van der Waals surface area contributed by atoms with Gasteiger partial charge in [0.05, 0.1) is 24.7 Å². The molecule has 7 heteroatoms. The van der Waals surface area contributed by atoms with E-state index in [9.17, 15) is 14.4 Å². The van der Waals surface area contributed by atoms with Crippen LogP contribution >= 0.6 is 0 Å². The van der Waals surface area contributed by atoms with E-state index in [1.54, 1.807) is 31.2 Å². The topological polar surface area (TPSA) is 85.3 Å². The van der Waals surface area contributed by atoms with Crippen LogP contribution in [0.25, 0.3) is 0 Å². The Morgan fingerprint density at radius 2 is 1.71 bits per heavy atom. The van der Waals surface area contributed by atoms with Gasteiger partial charge in [-0.15, -0.1) is 0 Å². The number of ether oxygens (including phenoxy) is 2.